The molecule has 0 aromatic carbocycles. The lowest BCUT2D eigenvalue weighted by Crippen LogP contribution is -2.46. The molecular weight excluding hydrogens is 252 g/mol. The van der Waals surface area contributed by atoms with Crippen molar-refractivity contribution in [2.24, 2.45) is 7.05 Å². The summed E-state index contributed by atoms with van der Waals surface area (Å²) >= 11 is 0. The van der Waals surface area contributed by atoms with Crippen LogP contribution in [0.1, 0.15) is 44.2 Å². The molecule has 0 N–H and O–H groups in total. The number of likely N-dealkylation sites (tertiary alicyclic amines) is 1. The van der Waals surface area contributed by atoms with E-state index in [2.05, 4.69) is 18.1 Å². The van der Waals surface area contributed by atoms with E-state index in [0.717, 1.165) is 45.3 Å². The predicted octanol–water partition coefficient (Wildman–Crippen LogP) is 2.45. The van der Waals surface area contributed by atoms with Crippen molar-refractivity contribution in [3.05, 3.63) is 18.0 Å². The van der Waals surface area contributed by atoms with E-state index in [4.69, 9.17) is 0 Å². The van der Waals surface area contributed by atoms with Gasteiger partial charge >= 0.3 is 6.03 Å². The molecule has 2 heterocycles. The Morgan fingerprint density at radius 3 is 3.00 bits per heavy atom. The fourth-order valence-corrected chi connectivity index (χ4v) is 2.91. The molecule has 0 radical (unpaired) electrons. The third kappa shape index (κ3) is 3.32. The molecule has 0 bridgehead atoms. The fraction of sp³-hybridized carbons (Fsp3) is 0.733. The van der Waals surface area contributed by atoms with Gasteiger partial charge in [-0.1, -0.05) is 13.3 Å². The first-order chi connectivity index (χ1) is 9.63. The summed E-state index contributed by atoms with van der Waals surface area (Å²) in [4.78, 5) is 16.3. The lowest BCUT2D eigenvalue weighted by molar-refractivity contribution is 0.146. The summed E-state index contributed by atoms with van der Waals surface area (Å²) in [6, 6.07) is 2.24. The van der Waals surface area contributed by atoms with Crippen molar-refractivity contribution < 1.29 is 4.79 Å². The second kappa shape index (κ2) is 6.77. The Bertz CT molecular complexity index is 443. The monoisotopic (exact) mass is 278 g/mol. The first-order valence-corrected chi connectivity index (χ1v) is 7.61. The third-order valence-corrected chi connectivity index (χ3v) is 4.14. The Morgan fingerprint density at radius 2 is 2.35 bits per heavy atom. The molecule has 2 amide bonds. The molecule has 1 unspecified atom stereocenters. The molecule has 2 rings (SSSR count). The van der Waals surface area contributed by atoms with Crippen LogP contribution in [0.5, 0.6) is 0 Å². The van der Waals surface area contributed by atoms with E-state index in [1.165, 1.54) is 5.69 Å². The van der Waals surface area contributed by atoms with Gasteiger partial charge in [-0.25, -0.2) is 4.79 Å². The fourth-order valence-electron chi connectivity index (χ4n) is 2.91. The van der Waals surface area contributed by atoms with Crippen LogP contribution in [-0.4, -0.2) is 52.3 Å². The Balaban J connectivity index is 1.96. The number of rotatable bonds is 4. The minimum atomic E-state index is 0.172. The molecule has 5 heteroatoms. The third-order valence-electron chi connectivity index (χ3n) is 4.14. The molecule has 1 saturated heterocycles. The average Bonchev–Trinajstić information content (AvgIpc) is 2.90. The average molecular weight is 278 g/mol. The number of carbonyl (C=O) groups excluding carboxylic acids is 1. The maximum Gasteiger partial charge on any atom is 0.319 e. The molecule has 0 saturated carbocycles. The van der Waals surface area contributed by atoms with Gasteiger partial charge in [-0.2, -0.15) is 5.10 Å². The van der Waals surface area contributed by atoms with E-state index in [0.29, 0.717) is 5.92 Å². The van der Waals surface area contributed by atoms with Crippen molar-refractivity contribution in [3.8, 4) is 0 Å². The summed E-state index contributed by atoms with van der Waals surface area (Å²) in [5.74, 6) is 0.416. The summed E-state index contributed by atoms with van der Waals surface area (Å²) < 4.78 is 1.93. The van der Waals surface area contributed by atoms with Gasteiger partial charge in [0.2, 0.25) is 0 Å². The number of nitrogens with zero attached hydrogens (tertiary/aromatic N) is 4. The summed E-state index contributed by atoms with van der Waals surface area (Å²) in [5, 5.41) is 4.24. The lowest BCUT2D eigenvalue weighted by Gasteiger charge is -2.35. The highest BCUT2D eigenvalue weighted by Crippen LogP contribution is 2.26. The number of carbonyl (C=O) groups is 1. The molecule has 5 nitrogen and oxygen atoms in total. The molecule has 1 atom stereocenters. The number of unbranched alkanes of at least 4 members (excludes halogenated alkanes) is 1. The predicted molar refractivity (Wildman–Crippen MR) is 79.7 cm³/mol. The second-order valence-electron chi connectivity index (χ2n) is 5.72. The lowest BCUT2D eigenvalue weighted by atomic mass is 9.95. The molecule has 112 valence electrons. The van der Waals surface area contributed by atoms with Gasteiger partial charge < -0.3 is 9.80 Å². The molecule has 1 aromatic heterocycles. The van der Waals surface area contributed by atoms with Gasteiger partial charge in [-0.05, 0) is 25.3 Å². The Hall–Kier alpha value is -1.52. The van der Waals surface area contributed by atoms with Crippen molar-refractivity contribution in [3.63, 3.8) is 0 Å². The van der Waals surface area contributed by atoms with E-state index in [-0.39, 0.29) is 6.03 Å². The molecule has 0 spiro atoms. The van der Waals surface area contributed by atoms with Gasteiger partial charge in [0, 0.05) is 51.5 Å². The van der Waals surface area contributed by atoms with Crippen molar-refractivity contribution in [2.75, 3.05) is 26.7 Å². The smallest absolute Gasteiger partial charge is 0.319 e. The van der Waals surface area contributed by atoms with Crippen LogP contribution in [0.25, 0.3) is 0 Å². The number of amides is 2. The van der Waals surface area contributed by atoms with E-state index >= 15 is 0 Å². The van der Waals surface area contributed by atoms with Crippen LogP contribution >= 0.6 is 0 Å². The van der Waals surface area contributed by atoms with E-state index in [1.54, 1.807) is 0 Å². The quantitative estimate of drug-likeness (QED) is 0.849. The normalized spacial score (nSPS) is 19.1. The SMILES string of the molecule is CCCCN(C)C(=O)N1CCCC(c2ccnn2C)C1. The highest BCUT2D eigenvalue weighted by Gasteiger charge is 2.27. The zero-order valence-electron chi connectivity index (χ0n) is 12.9. The molecule has 20 heavy (non-hydrogen) atoms. The Kier molecular flexibility index (Phi) is 5.04. The minimum absolute atomic E-state index is 0.172. The van der Waals surface area contributed by atoms with Crippen molar-refractivity contribution in [1.29, 1.82) is 0 Å². The summed E-state index contributed by atoms with van der Waals surface area (Å²) in [6.45, 7) is 4.69. The molecular formula is C15H26N4O. The number of aromatic nitrogens is 2. The topological polar surface area (TPSA) is 41.4 Å². The first-order valence-electron chi connectivity index (χ1n) is 7.61. The largest absolute Gasteiger partial charge is 0.328 e. The summed E-state index contributed by atoms with van der Waals surface area (Å²) in [5.41, 5.74) is 1.23. The first kappa shape index (κ1) is 14.9. The van der Waals surface area contributed by atoms with Crippen LogP contribution in [0.3, 0.4) is 0 Å². The van der Waals surface area contributed by atoms with Gasteiger partial charge in [0.05, 0.1) is 0 Å². The highest BCUT2D eigenvalue weighted by molar-refractivity contribution is 5.74. The van der Waals surface area contributed by atoms with Gasteiger partial charge in [0.25, 0.3) is 0 Å². The summed E-state index contributed by atoms with van der Waals surface area (Å²) in [6.07, 6.45) is 6.24. The number of aryl methyl sites for hydroxylation is 1. The number of urea groups is 1. The molecule has 1 aliphatic rings. The van der Waals surface area contributed by atoms with Crippen LogP contribution in [0.15, 0.2) is 12.3 Å². The van der Waals surface area contributed by atoms with Crippen LogP contribution in [0, 0.1) is 0 Å². The standard InChI is InChI=1S/C15H26N4O/c1-4-5-10-17(2)15(20)19-11-6-7-13(12-19)14-8-9-16-18(14)3/h8-9,13H,4-7,10-12H2,1-3H3. The minimum Gasteiger partial charge on any atom is -0.328 e. The number of hydrogen-bond donors (Lipinski definition) is 0. The van der Waals surface area contributed by atoms with Crippen LogP contribution in [-0.2, 0) is 7.05 Å². The van der Waals surface area contributed by atoms with Crippen LogP contribution in [0.2, 0.25) is 0 Å². The molecule has 1 fully saturated rings. The van der Waals surface area contributed by atoms with Crippen molar-refractivity contribution >= 4 is 6.03 Å². The molecule has 1 aliphatic heterocycles. The van der Waals surface area contributed by atoms with Gasteiger partial charge in [-0.15, -0.1) is 0 Å². The van der Waals surface area contributed by atoms with E-state index in [9.17, 15) is 4.79 Å². The second-order valence-corrected chi connectivity index (χ2v) is 5.72. The Morgan fingerprint density at radius 1 is 1.55 bits per heavy atom. The zero-order chi connectivity index (χ0) is 14.5. The van der Waals surface area contributed by atoms with Crippen molar-refractivity contribution in [2.45, 2.75) is 38.5 Å². The van der Waals surface area contributed by atoms with Crippen LogP contribution < -0.4 is 0 Å². The van der Waals surface area contributed by atoms with Gasteiger partial charge in [0.15, 0.2) is 0 Å². The van der Waals surface area contributed by atoms with Crippen molar-refractivity contribution in [1.82, 2.24) is 19.6 Å². The summed E-state index contributed by atoms with van der Waals surface area (Å²) in [7, 11) is 3.88. The maximum absolute atomic E-state index is 12.4. The van der Waals surface area contributed by atoms with Crippen LogP contribution in [0.4, 0.5) is 4.79 Å². The van der Waals surface area contributed by atoms with Gasteiger partial charge in [-0.3, -0.25) is 4.68 Å². The highest BCUT2D eigenvalue weighted by atomic mass is 16.2. The maximum atomic E-state index is 12.4. The number of hydrogen-bond acceptors (Lipinski definition) is 2. The van der Waals surface area contributed by atoms with E-state index < -0.39 is 0 Å². The van der Waals surface area contributed by atoms with E-state index in [1.807, 2.05) is 34.8 Å². The molecule has 1 aromatic rings. The van der Waals surface area contributed by atoms with Gasteiger partial charge in [0.1, 0.15) is 0 Å². The molecule has 0 aliphatic carbocycles. The number of piperidine rings is 1. The Labute approximate surface area is 121 Å². The zero-order valence-corrected chi connectivity index (χ0v) is 12.9.